The van der Waals surface area contributed by atoms with Crippen LogP contribution < -0.4 is 16.0 Å². The molecule has 5 rings (SSSR count). The van der Waals surface area contributed by atoms with E-state index in [0.29, 0.717) is 11.4 Å². The molecule has 0 aromatic heterocycles. The van der Waals surface area contributed by atoms with Gasteiger partial charge in [0.25, 0.3) is 16.0 Å². The maximum atomic E-state index is 13.8. The number of hydrogen-bond acceptors (Lipinski definition) is 5. The van der Waals surface area contributed by atoms with Crippen LogP contribution in [0.2, 0.25) is 0 Å². The van der Waals surface area contributed by atoms with Crippen LogP contribution in [0, 0.1) is 5.82 Å². The third kappa shape index (κ3) is 7.12. The molecule has 1 unspecified atom stereocenters. The molecule has 11 heteroatoms. The zero-order valence-electron chi connectivity index (χ0n) is 20.3. The molecule has 0 saturated heterocycles. The molecule has 0 radical (unpaired) electrons. The molecule has 0 fully saturated rings. The minimum absolute atomic E-state index is 0.00887. The molecule has 1 aliphatic rings. The molecule has 4 aromatic rings. The number of carbonyl (C=O) groups is 2. The van der Waals surface area contributed by atoms with Gasteiger partial charge >= 0.3 is 6.03 Å². The topological polar surface area (TPSA) is 137 Å². The van der Waals surface area contributed by atoms with Crippen molar-refractivity contribution >= 4 is 39.1 Å². The molecule has 198 valence electrons. The number of nitrogens with one attached hydrogen (secondary N) is 3. The summed E-state index contributed by atoms with van der Waals surface area (Å²) in [5, 5.41) is 7.69. The van der Waals surface area contributed by atoms with Crippen LogP contribution in [0.25, 0.3) is 0 Å². The second-order valence-electron chi connectivity index (χ2n) is 8.15. The average Bonchev–Trinajstić information content (AvgIpc) is 3.07. The Kier molecular flexibility index (Phi) is 8.44. The lowest BCUT2D eigenvalue weighted by atomic mass is 10.0. The van der Waals surface area contributed by atoms with Crippen molar-refractivity contribution in [1.29, 1.82) is 0 Å². The predicted molar refractivity (Wildman–Crippen MR) is 146 cm³/mol. The van der Waals surface area contributed by atoms with E-state index in [-0.39, 0.29) is 10.6 Å². The fraction of sp³-hybridized carbons (Fsp3) is 0.0357. The number of benzene rings is 4. The number of para-hydroxylation sites is 2. The number of hydrogen-bond donors (Lipinski definition) is 4. The van der Waals surface area contributed by atoms with Crippen LogP contribution in [0.5, 0.6) is 0 Å². The van der Waals surface area contributed by atoms with Crippen LogP contribution in [0.15, 0.2) is 119 Å². The van der Waals surface area contributed by atoms with E-state index >= 15 is 0 Å². The van der Waals surface area contributed by atoms with Crippen molar-refractivity contribution < 1.29 is 27.0 Å². The van der Waals surface area contributed by atoms with E-state index in [1.54, 1.807) is 36.4 Å². The number of anilines is 2. The van der Waals surface area contributed by atoms with Crippen LogP contribution in [0.1, 0.15) is 11.1 Å². The van der Waals surface area contributed by atoms with Gasteiger partial charge in [0, 0.05) is 11.1 Å². The van der Waals surface area contributed by atoms with Crippen LogP contribution >= 0.6 is 0 Å². The van der Waals surface area contributed by atoms with Gasteiger partial charge < -0.3 is 16.0 Å². The van der Waals surface area contributed by atoms with Crippen molar-refractivity contribution in [2.45, 2.75) is 11.1 Å². The quantitative estimate of drug-likeness (QED) is 0.275. The number of rotatable bonds is 4. The van der Waals surface area contributed by atoms with E-state index in [2.05, 4.69) is 20.9 Å². The van der Waals surface area contributed by atoms with E-state index in [1.165, 1.54) is 30.3 Å². The maximum absolute atomic E-state index is 13.8. The zero-order chi connectivity index (χ0) is 27.8. The number of benzodiazepines with no additional fused rings is 1. The maximum Gasteiger partial charge on any atom is 0.321 e. The van der Waals surface area contributed by atoms with Gasteiger partial charge in [0.2, 0.25) is 6.17 Å². The van der Waals surface area contributed by atoms with Gasteiger partial charge in [-0.15, -0.1) is 0 Å². The Bertz CT molecular complexity index is 1610. The highest BCUT2D eigenvalue weighted by Crippen LogP contribution is 2.23. The van der Waals surface area contributed by atoms with Crippen molar-refractivity contribution in [2.24, 2.45) is 4.99 Å². The first-order valence-corrected chi connectivity index (χ1v) is 13.0. The first-order valence-electron chi connectivity index (χ1n) is 11.6. The van der Waals surface area contributed by atoms with Gasteiger partial charge in [-0.3, -0.25) is 9.35 Å². The zero-order valence-corrected chi connectivity index (χ0v) is 21.1. The third-order valence-electron chi connectivity index (χ3n) is 5.42. The second kappa shape index (κ2) is 12.1. The fourth-order valence-corrected chi connectivity index (χ4v) is 4.12. The largest absolute Gasteiger partial charge is 0.322 e. The Balaban J connectivity index is 0.000000298. The van der Waals surface area contributed by atoms with Crippen molar-refractivity contribution in [3.8, 4) is 0 Å². The Morgan fingerprint density at radius 3 is 2.08 bits per heavy atom. The predicted octanol–water partition coefficient (Wildman–Crippen LogP) is 4.70. The lowest BCUT2D eigenvalue weighted by Crippen LogP contribution is -2.44. The van der Waals surface area contributed by atoms with Gasteiger partial charge in [-0.25, -0.2) is 14.2 Å². The fourth-order valence-electron chi connectivity index (χ4n) is 3.62. The molecule has 4 N–H and O–H groups in total. The number of aliphatic imine (C=N–C) groups is 1. The molecular weight excluding hydrogens is 523 g/mol. The first kappa shape index (κ1) is 27.2. The monoisotopic (exact) mass is 546 g/mol. The summed E-state index contributed by atoms with van der Waals surface area (Å²) in [5.74, 6) is -1.07. The van der Waals surface area contributed by atoms with E-state index in [1.807, 2.05) is 42.5 Å². The number of carbonyl (C=O) groups excluding carboxylic acids is 2. The Morgan fingerprint density at radius 1 is 0.846 bits per heavy atom. The van der Waals surface area contributed by atoms with Crippen LogP contribution in [0.4, 0.5) is 20.6 Å². The Hall–Kier alpha value is -4.87. The molecule has 3 amide bonds. The summed E-state index contributed by atoms with van der Waals surface area (Å²) in [6.45, 7) is 0. The van der Waals surface area contributed by atoms with Gasteiger partial charge in [0.15, 0.2) is 0 Å². The summed E-state index contributed by atoms with van der Waals surface area (Å²) in [7, 11) is -4.00. The normalized spacial score (nSPS) is 14.4. The van der Waals surface area contributed by atoms with E-state index in [0.717, 1.165) is 11.1 Å². The van der Waals surface area contributed by atoms with Crippen molar-refractivity contribution in [1.82, 2.24) is 5.32 Å². The molecule has 0 saturated carbocycles. The number of urea groups is 1. The van der Waals surface area contributed by atoms with Crippen molar-refractivity contribution in [3.05, 3.63) is 126 Å². The molecule has 0 spiro atoms. The highest BCUT2D eigenvalue weighted by molar-refractivity contribution is 7.85. The highest BCUT2D eigenvalue weighted by atomic mass is 32.2. The van der Waals surface area contributed by atoms with E-state index in [9.17, 15) is 22.4 Å². The molecule has 0 aliphatic carbocycles. The van der Waals surface area contributed by atoms with Crippen LogP contribution in [-0.2, 0) is 14.9 Å². The van der Waals surface area contributed by atoms with Gasteiger partial charge in [-0.2, -0.15) is 8.42 Å². The molecule has 1 heterocycles. The van der Waals surface area contributed by atoms with E-state index < -0.39 is 34.0 Å². The summed E-state index contributed by atoms with van der Waals surface area (Å²) in [6, 6.07) is 29.1. The lowest BCUT2D eigenvalue weighted by molar-refractivity contribution is -0.117. The van der Waals surface area contributed by atoms with Crippen molar-refractivity contribution in [2.75, 3.05) is 10.6 Å². The third-order valence-corrected chi connectivity index (χ3v) is 6.29. The molecule has 39 heavy (non-hydrogen) atoms. The minimum Gasteiger partial charge on any atom is -0.322 e. The Labute approximate surface area is 224 Å². The summed E-state index contributed by atoms with van der Waals surface area (Å²) in [6.07, 6.45) is -1.19. The summed E-state index contributed by atoms with van der Waals surface area (Å²) in [4.78, 5) is 29.5. The minimum atomic E-state index is -4.00. The number of fused-ring (bicyclic) bond motifs is 1. The van der Waals surface area contributed by atoms with E-state index in [4.69, 9.17) is 4.55 Å². The van der Waals surface area contributed by atoms with Gasteiger partial charge in [-0.05, 0) is 30.3 Å². The molecule has 1 atom stereocenters. The summed E-state index contributed by atoms with van der Waals surface area (Å²) in [5.41, 5.74) is 2.72. The first-order chi connectivity index (χ1) is 18.7. The molecular formula is C28H23FN4O5S. The number of nitrogens with zero attached hydrogens (tertiary/aromatic N) is 1. The van der Waals surface area contributed by atoms with Crippen LogP contribution in [-0.4, -0.2) is 36.8 Å². The summed E-state index contributed by atoms with van der Waals surface area (Å²) < 4.78 is 43.0. The second-order valence-corrected chi connectivity index (χ2v) is 9.57. The smallest absolute Gasteiger partial charge is 0.321 e. The van der Waals surface area contributed by atoms with Gasteiger partial charge in [-0.1, -0.05) is 78.9 Å². The number of amides is 3. The van der Waals surface area contributed by atoms with Crippen molar-refractivity contribution in [3.63, 3.8) is 0 Å². The molecule has 9 nitrogen and oxygen atoms in total. The summed E-state index contributed by atoms with van der Waals surface area (Å²) >= 11 is 0. The average molecular weight is 547 g/mol. The molecule has 4 aromatic carbocycles. The standard InChI is InChI=1S/C22H17FN4O2.C6H6O3S/c23-16-11-5-7-13-18(16)25-22(29)27-20-21(28)24-17-12-6-4-10-15(17)19(26-20)14-8-2-1-3-9-14;7-10(8,9)6-4-2-1-3-5-6/h1-13,20H,(H,24,28)(H2,25,27,29);1-5H,(H,7,8,9). The molecule has 1 aliphatic heterocycles. The van der Waals surface area contributed by atoms with Crippen LogP contribution in [0.3, 0.4) is 0 Å². The molecule has 0 bridgehead atoms. The van der Waals surface area contributed by atoms with Gasteiger partial charge in [0.05, 0.1) is 22.0 Å². The highest BCUT2D eigenvalue weighted by Gasteiger charge is 2.27. The lowest BCUT2D eigenvalue weighted by Gasteiger charge is -2.14. The SMILES string of the molecule is O=C(Nc1ccccc1F)NC1N=C(c2ccccc2)c2ccccc2NC1=O.O=S(=O)(O)c1ccccc1. The number of halogens is 1. The Morgan fingerprint density at radius 2 is 1.44 bits per heavy atom. The van der Waals surface area contributed by atoms with Gasteiger partial charge in [0.1, 0.15) is 5.82 Å².